The summed E-state index contributed by atoms with van der Waals surface area (Å²) >= 11 is 5.27. The monoisotopic (exact) mass is 342 g/mol. The van der Waals surface area contributed by atoms with Gasteiger partial charge in [-0.3, -0.25) is 0 Å². The summed E-state index contributed by atoms with van der Waals surface area (Å²) in [5.74, 6) is 0.395. The van der Waals surface area contributed by atoms with Crippen LogP contribution in [0.3, 0.4) is 0 Å². The van der Waals surface area contributed by atoms with E-state index in [1.807, 2.05) is 43.3 Å². The molecule has 0 saturated carbocycles. The fraction of sp³-hybridized carbons (Fsp3) is 0.222. The average Bonchev–Trinajstić information content (AvgIpc) is 2.59. The Morgan fingerprint density at radius 2 is 1.83 bits per heavy atom. The van der Waals surface area contributed by atoms with Crippen LogP contribution in [0.4, 0.5) is 0 Å². The molecule has 0 spiro atoms. The molecule has 2 N–H and O–H groups in total. The number of nitrogens with one attached hydrogen (secondary N) is 2. The van der Waals surface area contributed by atoms with E-state index < -0.39 is 0 Å². The number of esters is 1. The lowest BCUT2D eigenvalue weighted by molar-refractivity contribution is -0.136. The molecule has 0 radical (unpaired) electrons. The molecule has 0 bridgehead atoms. The number of fused-ring (bicyclic) bond motifs is 1. The minimum absolute atomic E-state index is 0.387. The van der Waals surface area contributed by atoms with Crippen LogP contribution in [0.2, 0.25) is 0 Å². The maximum atomic E-state index is 12.3. The van der Waals surface area contributed by atoms with Gasteiger partial charge in [-0.05, 0) is 36.2 Å². The first-order chi connectivity index (χ1) is 11.6. The van der Waals surface area contributed by atoms with Gasteiger partial charge in [-0.25, -0.2) is 4.79 Å². The van der Waals surface area contributed by atoms with E-state index in [0.717, 1.165) is 22.1 Å². The zero-order chi connectivity index (χ0) is 17.3. The molecule has 1 aliphatic heterocycles. The minimum atomic E-state index is -0.389. The first-order valence-electron chi connectivity index (χ1n) is 7.49. The van der Waals surface area contributed by atoms with Gasteiger partial charge in [-0.1, -0.05) is 30.3 Å². The Morgan fingerprint density at radius 3 is 2.50 bits per heavy atom. The van der Waals surface area contributed by atoms with Crippen molar-refractivity contribution in [3.8, 4) is 5.75 Å². The standard InChI is InChI=1S/C18H18N2O3S/c1-10-15(17(21)23-3)16(20-18(24)19-10)13-8-9-14(22-2)12-7-5-4-6-11(12)13/h4-9,16H,1-3H3,(H2,19,20,24)/t16-/m1/s1. The first kappa shape index (κ1) is 16.3. The summed E-state index contributed by atoms with van der Waals surface area (Å²) in [7, 11) is 3.02. The van der Waals surface area contributed by atoms with Crippen LogP contribution in [0.5, 0.6) is 5.75 Å². The van der Waals surface area contributed by atoms with Gasteiger partial charge < -0.3 is 20.1 Å². The molecular weight excluding hydrogens is 324 g/mol. The van der Waals surface area contributed by atoms with Gasteiger partial charge in [-0.2, -0.15) is 0 Å². The zero-order valence-corrected chi connectivity index (χ0v) is 14.5. The van der Waals surface area contributed by atoms with Crippen molar-refractivity contribution < 1.29 is 14.3 Å². The minimum Gasteiger partial charge on any atom is -0.496 e. The second kappa shape index (κ2) is 6.49. The molecule has 0 aromatic heterocycles. The third-order valence-electron chi connectivity index (χ3n) is 4.12. The zero-order valence-electron chi connectivity index (χ0n) is 13.7. The lowest BCUT2D eigenvalue weighted by atomic mass is 9.91. The van der Waals surface area contributed by atoms with Crippen LogP contribution in [0.1, 0.15) is 18.5 Å². The number of methoxy groups -OCH3 is 2. The number of thiocarbonyl (C=S) groups is 1. The van der Waals surface area contributed by atoms with Crippen LogP contribution in [-0.2, 0) is 9.53 Å². The number of ether oxygens (including phenoxy) is 2. The van der Waals surface area contributed by atoms with Gasteiger partial charge in [0.2, 0.25) is 0 Å². The highest BCUT2D eigenvalue weighted by atomic mass is 32.1. The lowest BCUT2D eigenvalue weighted by Gasteiger charge is -2.30. The number of hydrogen-bond donors (Lipinski definition) is 2. The van der Waals surface area contributed by atoms with Crippen LogP contribution in [0.15, 0.2) is 47.7 Å². The van der Waals surface area contributed by atoms with Crippen molar-refractivity contribution in [2.75, 3.05) is 14.2 Å². The second-order valence-corrected chi connectivity index (χ2v) is 5.87. The van der Waals surface area contributed by atoms with Gasteiger partial charge >= 0.3 is 5.97 Å². The first-order valence-corrected chi connectivity index (χ1v) is 7.90. The maximum Gasteiger partial charge on any atom is 0.337 e. The third kappa shape index (κ3) is 2.69. The molecular formula is C18H18N2O3S. The van der Waals surface area contributed by atoms with Crippen molar-refractivity contribution in [3.05, 3.63) is 53.2 Å². The summed E-state index contributed by atoms with van der Waals surface area (Å²) in [6, 6.07) is 11.4. The Kier molecular flexibility index (Phi) is 4.40. The van der Waals surface area contributed by atoms with Crippen LogP contribution in [-0.4, -0.2) is 25.3 Å². The van der Waals surface area contributed by atoms with E-state index in [-0.39, 0.29) is 12.0 Å². The van der Waals surface area contributed by atoms with Crippen molar-refractivity contribution in [3.63, 3.8) is 0 Å². The van der Waals surface area contributed by atoms with E-state index >= 15 is 0 Å². The lowest BCUT2D eigenvalue weighted by Crippen LogP contribution is -2.45. The van der Waals surface area contributed by atoms with Gasteiger partial charge in [0.25, 0.3) is 0 Å². The highest BCUT2D eigenvalue weighted by Gasteiger charge is 2.31. The molecule has 0 fully saturated rings. The van der Waals surface area contributed by atoms with Gasteiger partial charge in [0.15, 0.2) is 5.11 Å². The van der Waals surface area contributed by atoms with Gasteiger partial charge in [-0.15, -0.1) is 0 Å². The van der Waals surface area contributed by atoms with Crippen LogP contribution < -0.4 is 15.4 Å². The molecule has 2 aromatic rings. The maximum absolute atomic E-state index is 12.3. The number of hydrogen-bond acceptors (Lipinski definition) is 4. The Hall–Kier alpha value is -2.60. The number of carbonyl (C=O) groups is 1. The van der Waals surface area contributed by atoms with Crippen LogP contribution >= 0.6 is 12.2 Å². The molecule has 24 heavy (non-hydrogen) atoms. The topological polar surface area (TPSA) is 59.6 Å². The van der Waals surface area contributed by atoms with Crippen molar-refractivity contribution >= 4 is 34.1 Å². The predicted octanol–water partition coefficient (Wildman–Crippen LogP) is 2.81. The predicted molar refractivity (Wildman–Crippen MR) is 96.8 cm³/mol. The van der Waals surface area contributed by atoms with E-state index in [0.29, 0.717) is 16.4 Å². The molecule has 0 saturated heterocycles. The second-order valence-electron chi connectivity index (χ2n) is 5.46. The van der Waals surface area contributed by atoms with Gasteiger partial charge in [0.05, 0.1) is 25.8 Å². The third-order valence-corrected chi connectivity index (χ3v) is 4.34. The van der Waals surface area contributed by atoms with Crippen molar-refractivity contribution in [1.82, 2.24) is 10.6 Å². The fourth-order valence-corrected chi connectivity index (χ4v) is 3.30. The molecule has 2 aromatic carbocycles. The van der Waals surface area contributed by atoms with Crippen molar-refractivity contribution in [2.24, 2.45) is 0 Å². The SMILES string of the molecule is COC(=O)C1=C(C)NC(=S)N[C@@H]1c1ccc(OC)c2ccccc12. The van der Waals surface area contributed by atoms with E-state index in [9.17, 15) is 4.79 Å². The smallest absolute Gasteiger partial charge is 0.337 e. The summed E-state index contributed by atoms with van der Waals surface area (Å²) in [5, 5.41) is 8.62. The molecule has 124 valence electrons. The Bertz CT molecular complexity index is 860. The fourth-order valence-electron chi connectivity index (χ4n) is 3.03. The normalized spacial score (nSPS) is 17.3. The van der Waals surface area contributed by atoms with E-state index in [1.54, 1.807) is 7.11 Å². The number of carbonyl (C=O) groups excluding carboxylic acids is 1. The van der Waals surface area contributed by atoms with Crippen molar-refractivity contribution in [2.45, 2.75) is 13.0 Å². The Labute approximate surface area is 145 Å². The van der Waals surface area contributed by atoms with Crippen molar-refractivity contribution in [1.29, 1.82) is 0 Å². The molecule has 1 heterocycles. The van der Waals surface area contributed by atoms with Gasteiger partial charge in [0, 0.05) is 11.1 Å². The molecule has 6 heteroatoms. The van der Waals surface area contributed by atoms with Crippen LogP contribution in [0.25, 0.3) is 10.8 Å². The summed E-state index contributed by atoms with van der Waals surface area (Å²) in [6.45, 7) is 1.82. The Balaban J connectivity index is 2.23. The number of allylic oxidation sites excluding steroid dienone is 1. The summed E-state index contributed by atoms with van der Waals surface area (Å²) in [4.78, 5) is 12.3. The van der Waals surface area contributed by atoms with Gasteiger partial charge in [0.1, 0.15) is 5.75 Å². The average molecular weight is 342 g/mol. The van der Waals surface area contributed by atoms with E-state index in [2.05, 4.69) is 10.6 Å². The molecule has 5 nitrogen and oxygen atoms in total. The van der Waals surface area contributed by atoms with E-state index in [1.165, 1.54) is 7.11 Å². The number of rotatable bonds is 3. The highest BCUT2D eigenvalue weighted by molar-refractivity contribution is 7.80. The Morgan fingerprint density at radius 1 is 1.12 bits per heavy atom. The van der Waals surface area contributed by atoms with Crippen LogP contribution in [0, 0.1) is 0 Å². The summed E-state index contributed by atoms with van der Waals surface area (Å²) in [6.07, 6.45) is 0. The molecule has 0 aliphatic carbocycles. The summed E-state index contributed by atoms with van der Waals surface area (Å²) in [5.41, 5.74) is 2.15. The highest BCUT2D eigenvalue weighted by Crippen LogP contribution is 2.36. The molecule has 1 atom stereocenters. The quantitative estimate of drug-likeness (QED) is 0.661. The number of benzene rings is 2. The molecule has 1 aliphatic rings. The largest absolute Gasteiger partial charge is 0.496 e. The summed E-state index contributed by atoms with van der Waals surface area (Å²) < 4.78 is 10.4. The molecule has 3 rings (SSSR count). The van der Waals surface area contributed by atoms with E-state index in [4.69, 9.17) is 21.7 Å². The molecule has 0 unspecified atom stereocenters. The molecule has 0 amide bonds.